The van der Waals surface area contributed by atoms with Crippen molar-refractivity contribution in [1.29, 1.82) is 0 Å². The molecule has 2 aromatic heterocycles. The van der Waals surface area contributed by atoms with Crippen LogP contribution in [0.2, 0.25) is 0 Å². The van der Waals surface area contributed by atoms with Crippen molar-refractivity contribution in [3.8, 4) is 0 Å². The van der Waals surface area contributed by atoms with Crippen LogP contribution in [0.5, 0.6) is 0 Å². The molecule has 0 aromatic carbocycles. The summed E-state index contributed by atoms with van der Waals surface area (Å²) in [6.07, 6.45) is -5.77. The lowest BCUT2D eigenvalue weighted by Gasteiger charge is -2.14. The summed E-state index contributed by atoms with van der Waals surface area (Å²) in [7, 11) is 1.59. The van der Waals surface area contributed by atoms with Crippen molar-refractivity contribution in [2.24, 2.45) is 7.05 Å². The second-order valence-corrected chi connectivity index (χ2v) is 4.72. The van der Waals surface area contributed by atoms with E-state index in [1.165, 1.54) is 10.1 Å². The monoisotopic (exact) mass is 276 g/mol. The standard InChI is InChI=1S/C11H11F3N2OS/c1-6-3-9(16(2)15-6)10(17)7-4-18-5-8(7)11(12,13)14/h3-5,10,17H,1-2H3. The molecule has 18 heavy (non-hydrogen) atoms. The third-order valence-corrected chi connectivity index (χ3v) is 3.37. The maximum Gasteiger partial charge on any atom is 0.417 e. The van der Waals surface area contributed by atoms with Crippen LogP contribution in [-0.4, -0.2) is 14.9 Å². The van der Waals surface area contributed by atoms with Crippen molar-refractivity contribution in [2.75, 3.05) is 0 Å². The van der Waals surface area contributed by atoms with Crippen molar-refractivity contribution in [3.05, 3.63) is 39.3 Å². The number of hydrogen-bond acceptors (Lipinski definition) is 3. The molecule has 0 spiro atoms. The van der Waals surface area contributed by atoms with E-state index in [-0.39, 0.29) is 5.56 Å². The topological polar surface area (TPSA) is 38.0 Å². The average Bonchev–Trinajstić information content (AvgIpc) is 2.82. The summed E-state index contributed by atoms with van der Waals surface area (Å²) in [6, 6.07) is 1.57. The molecule has 0 amide bonds. The second kappa shape index (κ2) is 4.40. The lowest BCUT2D eigenvalue weighted by molar-refractivity contribution is -0.138. The zero-order valence-corrected chi connectivity index (χ0v) is 10.5. The lowest BCUT2D eigenvalue weighted by Crippen LogP contribution is -2.12. The first kappa shape index (κ1) is 13.1. The molecule has 0 aliphatic rings. The van der Waals surface area contributed by atoms with E-state index in [4.69, 9.17) is 0 Å². The summed E-state index contributed by atoms with van der Waals surface area (Å²) in [5, 5.41) is 16.4. The van der Waals surface area contributed by atoms with E-state index in [2.05, 4.69) is 5.10 Å². The van der Waals surface area contributed by atoms with Gasteiger partial charge >= 0.3 is 6.18 Å². The molecule has 2 aromatic rings. The van der Waals surface area contributed by atoms with E-state index in [0.29, 0.717) is 11.4 Å². The summed E-state index contributed by atoms with van der Waals surface area (Å²) in [6.45, 7) is 1.72. The Kier molecular flexibility index (Phi) is 3.20. The molecule has 0 fully saturated rings. The Morgan fingerprint density at radius 3 is 2.56 bits per heavy atom. The third-order valence-electron chi connectivity index (χ3n) is 2.61. The van der Waals surface area contributed by atoms with Gasteiger partial charge in [0.05, 0.1) is 17.0 Å². The molecule has 7 heteroatoms. The number of alkyl halides is 3. The van der Waals surface area contributed by atoms with Gasteiger partial charge in [0.15, 0.2) is 0 Å². The van der Waals surface area contributed by atoms with Crippen molar-refractivity contribution in [1.82, 2.24) is 9.78 Å². The van der Waals surface area contributed by atoms with Gasteiger partial charge in [0.25, 0.3) is 0 Å². The summed E-state index contributed by atoms with van der Waals surface area (Å²) >= 11 is 0.919. The van der Waals surface area contributed by atoms with Gasteiger partial charge in [0, 0.05) is 18.0 Å². The van der Waals surface area contributed by atoms with Crippen LogP contribution in [0.4, 0.5) is 13.2 Å². The van der Waals surface area contributed by atoms with Crippen molar-refractivity contribution in [2.45, 2.75) is 19.2 Å². The largest absolute Gasteiger partial charge is 0.417 e. The molecule has 2 rings (SSSR count). The van der Waals surface area contributed by atoms with Crippen LogP contribution in [0.1, 0.15) is 28.6 Å². The van der Waals surface area contributed by atoms with E-state index in [0.717, 1.165) is 16.7 Å². The summed E-state index contributed by atoms with van der Waals surface area (Å²) in [5.74, 6) is 0. The van der Waals surface area contributed by atoms with Crippen LogP contribution in [-0.2, 0) is 13.2 Å². The van der Waals surface area contributed by atoms with Crippen LogP contribution in [0, 0.1) is 6.92 Å². The van der Waals surface area contributed by atoms with E-state index in [1.807, 2.05) is 0 Å². The van der Waals surface area contributed by atoms with Gasteiger partial charge < -0.3 is 5.11 Å². The molecule has 0 saturated carbocycles. The number of halogens is 3. The minimum absolute atomic E-state index is 0.129. The minimum Gasteiger partial charge on any atom is -0.382 e. The highest BCUT2D eigenvalue weighted by Gasteiger charge is 2.36. The number of nitrogens with zero attached hydrogens (tertiary/aromatic N) is 2. The fourth-order valence-corrected chi connectivity index (χ4v) is 2.67. The van der Waals surface area contributed by atoms with Gasteiger partial charge in [-0.3, -0.25) is 4.68 Å². The molecular weight excluding hydrogens is 265 g/mol. The van der Waals surface area contributed by atoms with E-state index in [1.54, 1.807) is 20.0 Å². The molecular formula is C11H11F3N2OS. The molecule has 0 bridgehead atoms. The predicted molar refractivity (Wildman–Crippen MR) is 61.3 cm³/mol. The zero-order chi connectivity index (χ0) is 13.5. The second-order valence-electron chi connectivity index (χ2n) is 3.98. The van der Waals surface area contributed by atoms with Crippen LogP contribution in [0.15, 0.2) is 16.8 Å². The molecule has 0 aliphatic carbocycles. The van der Waals surface area contributed by atoms with Crippen LogP contribution >= 0.6 is 11.3 Å². The van der Waals surface area contributed by atoms with E-state index < -0.39 is 17.8 Å². The smallest absolute Gasteiger partial charge is 0.382 e. The Balaban J connectivity index is 2.44. The quantitative estimate of drug-likeness (QED) is 0.916. The van der Waals surface area contributed by atoms with Crippen LogP contribution in [0.3, 0.4) is 0 Å². The fourth-order valence-electron chi connectivity index (χ4n) is 1.79. The minimum atomic E-state index is -4.45. The molecule has 0 saturated heterocycles. The molecule has 1 unspecified atom stereocenters. The van der Waals surface area contributed by atoms with Gasteiger partial charge in [0.2, 0.25) is 0 Å². The Morgan fingerprint density at radius 1 is 1.39 bits per heavy atom. The first-order valence-corrected chi connectivity index (χ1v) is 6.07. The molecule has 3 nitrogen and oxygen atoms in total. The molecule has 0 radical (unpaired) electrons. The van der Waals surface area contributed by atoms with Crippen LogP contribution in [0.25, 0.3) is 0 Å². The number of aryl methyl sites for hydroxylation is 2. The van der Waals surface area contributed by atoms with Gasteiger partial charge in [-0.1, -0.05) is 0 Å². The summed E-state index contributed by atoms with van der Waals surface area (Å²) in [4.78, 5) is 0. The maximum atomic E-state index is 12.7. The van der Waals surface area contributed by atoms with E-state index in [9.17, 15) is 18.3 Å². The normalized spacial score (nSPS) is 13.9. The van der Waals surface area contributed by atoms with Gasteiger partial charge in [0.1, 0.15) is 6.10 Å². The van der Waals surface area contributed by atoms with Crippen LogP contribution < -0.4 is 0 Å². The first-order chi connectivity index (χ1) is 8.30. The average molecular weight is 276 g/mol. The number of aromatic nitrogens is 2. The SMILES string of the molecule is Cc1cc(C(O)c2cscc2C(F)(F)F)n(C)n1. The van der Waals surface area contributed by atoms with Crippen molar-refractivity contribution in [3.63, 3.8) is 0 Å². The van der Waals surface area contributed by atoms with E-state index >= 15 is 0 Å². The summed E-state index contributed by atoms with van der Waals surface area (Å²) < 4.78 is 39.6. The fraction of sp³-hybridized carbons (Fsp3) is 0.364. The molecule has 98 valence electrons. The number of aliphatic hydroxyl groups is 1. The molecule has 1 atom stereocenters. The first-order valence-electron chi connectivity index (χ1n) is 5.12. The Bertz CT molecular complexity index is 559. The Hall–Kier alpha value is -1.34. The number of hydrogen-bond donors (Lipinski definition) is 1. The Morgan fingerprint density at radius 2 is 2.06 bits per heavy atom. The van der Waals surface area contributed by atoms with Gasteiger partial charge in [-0.2, -0.15) is 29.6 Å². The highest BCUT2D eigenvalue weighted by atomic mass is 32.1. The molecule has 0 aliphatic heterocycles. The highest BCUT2D eigenvalue weighted by Crippen LogP contribution is 2.38. The van der Waals surface area contributed by atoms with Gasteiger partial charge in [-0.25, -0.2) is 0 Å². The third kappa shape index (κ3) is 2.28. The molecule has 2 heterocycles. The summed E-state index contributed by atoms with van der Waals surface area (Å²) in [5.41, 5.74) is 0.0705. The van der Waals surface area contributed by atoms with Crippen molar-refractivity contribution < 1.29 is 18.3 Å². The predicted octanol–water partition coefficient (Wildman–Crippen LogP) is 2.89. The Labute approximate surface area is 105 Å². The number of aliphatic hydroxyl groups excluding tert-OH is 1. The maximum absolute atomic E-state index is 12.7. The van der Waals surface area contributed by atoms with Gasteiger partial charge in [-0.15, -0.1) is 0 Å². The van der Waals surface area contributed by atoms with Gasteiger partial charge in [-0.05, 0) is 18.4 Å². The zero-order valence-electron chi connectivity index (χ0n) is 9.69. The highest BCUT2D eigenvalue weighted by molar-refractivity contribution is 7.08. The molecule has 1 N–H and O–H groups in total. The lowest BCUT2D eigenvalue weighted by atomic mass is 10.0. The number of rotatable bonds is 2. The van der Waals surface area contributed by atoms with Crippen molar-refractivity contribution >= 4 is 11.3 Å². The number of thiophene rings is 1.